The fourth-order valence-corrected chi connectivity index (χ4v) is 1.31. The predicted octanol–water partition coefficient (Wildman–Crippen LogP) is 1.99. The second-order valence-corrected chi connectivity index (χ2v) is 4.06. The molecule has 0 saturated carbocycles. The van der Waals surface area contributed by atoms with Crippen LogP contribution in [0.1, 0.15) is 6.42 Å². The fraction of sp³-hybridized carbons (Fsp3) is 0.333. The molecule has 0 fully saturated rings. The van der Waals surface area contributed by atoms with Gasteiger partial charge in [-0.1, -0.05) is 23.8 Å². The first-order chi connectivity index (χ1) is 7.00. The van der Waals surface area contributed by atoms with Gasteiger partial charge in [0.05, 0.1) is 10.0 Å². The van der Waals surface area contributed by atoms with Gasteiger partial charge in [-0.05, 0) is 6.07 Å². The van der Waals surface area contributed by atoms with E-state index < -0.39 is 5.82 Å². The van der Waals surface area contributed by atoms with Crippen LogP contribution >= 0.6 is 23.8 Å². The lowest BCUT2D eigenvalue weighted by atomic mass is 10.3. The maximum Gasteiger partial charge on any atom is 0.167 e. The first-order valence-corrected chi connectivity index (χ1v) is 5.10. The Balaban J connectivity index is 2.73. The van der Waals surface area contributed by atoms with Crippen LogP contribution in [0.4, 0.5) is 10.2 Å². The SMILES string of the molecule is CN(CCC(N)=S)c1ncc(Cl)cc1F. The van der Waals surface area contributed by atoms with Crippen LogP contribution in [-0.4, -0.2) is 23.6 Å². The van der Waals surface area contributed by atoms with E-state index in [1.54, 1.807) is 11.9 Å². The second-order valence-electron chi connectivity index (χ2n) is 3.10. The van der Waals surface area contributed by atoms with Crippen LogP contribution in [0.5, 0.6) is 0 Å². The van der Waals surface area contributed by atoms with Crippen molar-refractivity contribution in [2.75, 3.05) is 18.5 Å². The van der Waals surface area contributed by atoms with E-state index in [0.29, 0.717) is 18.0 Å². The van der Waals surface area contributed by atoms with Crippen LogP contribution < -0.4 is 10.6 Å². The van der Waals surface area contributed by atoms with E-state index in [4.69, 9.17) is 29.6 Å². The molecule has 0 radical (unpaired) electrons. The molecule has 0 amide bonds. The number of thiocarbonyl (C=S) groups is 1. The van der Waals surface area contributed by atoms with Crippen molar-refractivity contribution in [2.45, 2.75) is 6.42 Å². The molecule has 1 heterocycles. The molecule has 0 aliphatic rings. The summed E-state index contributed by atoms with van der Waals surface area (Å²) in [6, 6.07) is 1.22. The van der Waals surface area contributed by atoms with E-state index in [0.717, 1.165) is 0 Å². The van der Waals surface area contributed by atoms with Gasteiger partial charge in [-0.15, -0.1) is 0 Å². The summed E-state index contributed by atoms with van der Waals surface area (Å²) in [5.41, 5.74) is 5.35. The highest BCUT2D eigenvalue weighted by Crippen LogP contribution is 2.18. The van der Waals surface area contributed by atoms with Crippen molar-refractivity contribution >= 4 is 34.6 Å². The van der Waals surface area contributed by atoms with Crippen LogP contribution in [0.3, 0.4) is 0 Å². The lowest BCUT2D eigenvalue weighted by Crippen LogP contribution is -2.24. The lowest BCUT2D eigenvalue weighted by Gasteiger charge is -2.18. The highest BCUT2D eigenvalue weighted by atomic mass is 35.5. The zero-order chi connectivity index (χ0) is 11.4. The minimum absolute atomic E-state index is 0.246. The summed E-state index contributed by atoms with van der Waals surface area (Å²) < 4.78 is 13.4. The van der Waals surface area contributed by atoms with Crippen molar-refractivity contribution in [1.29, 1.82) is 0 Å². The van der Waals surface area contributed by atoms with Crippen LogP contribution in [0.25, 0.3) is 0 Å². The first-order valence-electron chi connectivity index (χ1n) is 4.31. The van der Waals surface area contributed by atoms with Gasteiger partial charge in [0, 0.05) is 26.2 Å². The molecule has 0 aliphatic carbocycles. The minimum atomic E-state index is -0.451. The van der Waals surface area contributed by atoms with E-state index in [1.165, 1.54) is 12.3 Å². The van der Waals surface area contributed by atoms with E-state index in [-0.39, 0.29) is 10.8 Å². The third kappa shape index (κ3) is 3.60. The molecule has 3 nitrogen and oxygen atoms in total. The van der Waals surface area contributed by atoms with Crippen LogP contribution in [0.2, 0.25) is 5.02 Å². The molecule has 15 heavy (non-hydrogen) atoms. The van der Waals surface area contributed by atoms with E-state index in [2.05, 4.69) is 4.98 Å². The van der Waals surface area contributed by atoms with E-state index in [1.807, 2.05) is 0 Å². The number of aromatic nitrogens is 1. The van der Waals surface area contributed by atoms with Gasteiger partial charge in [-0.2, -0.15) is 0 Å². The van der Waals surface area contributed by atoms with Gasteiger partial charge < -0.3 is 10.6 Å². The van der Waals surface area contributed by atoms with Crippen molar-refractivity contribution in [3.63, 3.8) is 0 Å². The normalized spacial score (nSPS) is 10.1. The molecule has 0 atom stereocenters. The molecule has 82 valence electrons. The molecule has 0 unspecified atom stereocenters. The third-order valence-corrected chi connectivity index (χ3v) is 2.25. The first kappa shape index (κ1) is 12.1. The molecule has 0 bridgehead atoms. The number of nitrogens with two attached hydrogens (primary N) is 1. The van der Waals surface area contributed by atoms with Crippen LogP contribution in [-0.2, 0) is 0 Å². The molecule has 1 aromatic heterocycles. The Kier molecular flexibility index (Phi) is 4.23. The van der Waals surface area contributed by atoms with Crippen LogP contribution in [0, 0.1) is 5.82 Å². The molecular weight excluding hydrogens is 237 g/mol. The molecule has 0 aliphatic heterocycles. The summed E-state index contributed by atoms with van der Waals surface area (Å²) in [5.74, 6) is -0.205. The zero-order valence-corrected chi connectivity index (χ0v) is 9.78. The van der Waals surface area contributed by atoms with Gasteiger partial charge in [-0.25, -0.2) is 9.37 Å². The fourth-order valence-electron chi connectivity index (χ4n) is 1.07. The standard InChI is InChI=1S/C9H11ClFN3S/c1-14(3-2-8(12)15)9-7(11)4-6(10)5-13-9/h4-5H,2-3H2,1H3,(H2,12,15). The van der Waals surface area contributed by atoms with E-state index in [9.17, 15) is 4.39 Å². The van der Waals surface area contributed by atoms with Crippen molar-refractivity contribution in [3.8, 4) is 0 Å². The van der Waals surface area contributed by atoms with Gasteiger partial charge >= 0.3 is 0 Å². The summed E-state index contributed by atoms with van der Waals surface area (Å²) in [4.78, 5) is 5.93. The lowest BCUT2D eigenvalue weighted by molar-refractivity contribution is 0.615. The molecular formula is C9H11ClFN3S. The van der Waals surface area contributed by atoms with E-state index >= 15 is 0 Å². The zero-order valence-electron chi connectivity index (χ0n) is 8.20. The Hall–Kier alpha value is -0.940. The Morgan fingerprint density at radius 2 is 2.40 bits per heavy atom. The number of anilines is 1. The van der Waals surface area contributed by atoms with Crippen LogP contribution in [0.15, 0.2) is 12.3 Å². The second kappa shape index (κ2) is 5.23. The number of nitrogens with zero attached hydrogens (tertiary/aromatic N) is 2. The largest absolute Gasteiger partial charge is 0.393 e. The average molecular weight is 248 g/mol. The molecule has 6 heteroatoms. The van der Waals surface area contributed by atoms with Gasteiger partial charge in [0.25, 0.3) is 0 Å². The smallest absolute Gasteiger partial charge is 0.167 e. The maximum atomic E-state index is 13.4. The summed E-state index contributed by atoms with van der Waals surface area (Å²) in [6.07, 6.45) is 1.92. The monoisotopic (exact) mass is 247 g/mol. The number of rotatable bonds is 4. The van der Waals surface area contributed by atoms with Gasteiger partial charge in [0.15, 0.2) is 11.6 Å². The highest BCUT2D eigenvalue weighted by Gasteiger charge is 2.09. The Bertz CT molecular complexity index is 372. The van der Waals surface area contributed by atoms with Gasteiger partial charge in [0.2, 0.25) is 0 Å². The molecule has 1 rings (SSSR count). The Morgan fingerprint density at radius 3 is 2.93 bits per heavy atom. The summed E-state index contributed by atoms with van der Waals surface area (Å²) in [5, 5.41) is 0.277. The Labute approximate surface area is 98.0 Å². The molecule has 0 saturated heterocycles. The quantitative estimate of drug-likeness (QED) is 0.827. The molecule has 0 spiro atoms. The molecule has 1 aromatic rings. The van der Waals surface area contributed by atoms with Crippen molar-refractivity contribution in [2.24, 2.45) is 5.73 Å². The number of hydrogen-bond donors (Lipinski definition) is 1. The van der Waals surface area contributed by atoms with Gasteiger partial charge in [-0.3, -0.25) is 0 Å². The highest BCUT2D eigenvalue weighted by molar-refractivity contribution is 7.80. The number of halogens is 2. The molecule has 0 aromatic carbocycles. The number of pyridine rings is 1. The third-order valence-electron chi connectivity index (χ3n) is 1.84. The van der Waals surface area contributed by atoms with Gasteiger partial charge in [0.1, 0.15) is 0 Å². The average Bonchev–Trinajstić information content (AvgIpc) is 2.14. The van der Waals surface area contributed by atoms with Crippen molar-refractivity contribution < 1.29 is 4.39 Å². The maximum absolute atomic E-state index is 13.4. The topological polar surface area (TPSA) is 42.1 Å². The summed E-state index contributed by atoms with van der Waals surface area (Å²) in [6.45, 7) is 0.529. The van der Waals surface area contributed by atoms with Crippen molar-refractivity contribution in [1.82, 2.24) is 4.98 Å². The van der Waals surface area contributed by atoms with Crippen molar-refractivity contribution in [3.05, 3.63) is 23.1 Å². The minimum Gasteiger partial charge on any atom is -0.393 e. The summed E-state index contributed by atoms with van der Waals surface area (Å²) in [7, 11) is 1.72. The number of hydrogen-bond acceptors (Lipinski definition) is 3. The molecule has 2 N–H and O–H groups in total. The summed E-state index contributed by atoms with van der Waals surface area (Å²) >= 11 is 10.3. The predicted molar refractivity (Wildman–Crippen MR) is 63.9 cm³/mol. The Morgan fingerprint density at radius 1 is 1.73 bits per heavy atom.